The maximum atomic E-state index is 13.0. The number of halogens is 1. The molecule has 2 aromatic heterocycles. The minimum Gasteiger partial charge on any atom is -0.374 e. The van der Waals surface area contributed by atoms with Crippen LogP contribution in [0.15, 0.2) is 48.8 Å². The Hall–Kier alpha value is -2.80. The van der Waals surface area contributed by atoms with E-state index < -0.39 is 0 Å². The number of imidazole rings is 1. The molecule has 0 unspecified atom stereocenters. The number of hydrogen-bond donors (Lipinski definition) is 1. The van der Waals surface area contributed by atoms with E-state index >= 15 is 0 Å². The van der Waals surface area contributed by atoms with E-state index in [0.29, 0.717) is 11.7 Å². The second-order valence-corrected chi connectivity index (χ2v) is 6.16. The minimum atomic E-state index is -0.231. The summed E-state index contributed by atoms with van der Waals surface area (Å²) in [6.45, 7) is 0.641. The lowest BCUT2D eigenvalue weighted by atomic mass is 10.2. The Morgan fingerprint density at radius 3 is 2.65 bits per heavy atom. The van der Waals surface area contributed by atoms with Crippen molar-refractivity contribution in [3.63, 3.8) is 0 Å². The SMILES string of the molecule is Nc1nnc(-c2ccc3c(c2)ncn3Cc2ccc(F)cc2)s1. The van der Waals surface area contributed by atoms with Crippen LogP contribution in [-0.2, 0) is 6.54 Å². The van der Waals surface area contributed by atoms with Gasteiger partial charge in [0.05, 0.1) is 17.4 Å². The number of nitrogen functional groups attached to an aromatic ring is 1. The molecule has 5 nitrogen and oxygen atoms in total. The fourth-order valence-corrected chi connectivity index (χ4v) is 3.07. The number of aromatic nitrogens is 4. The zero-order chi connectivity index (χ0) is 15.8. The second kappa shape index (κ2) is 5.44. The molecular weight excluding hydrogens is 313 g/mol. The highest BCUT2D eigenvalue weighted by molar-refractivity contribution is 7.18. The zero-order valence-corrected chi connectivity index (χ0v) is 12.8. The lowest BCUT2D eigenvalue weighted by Gasteiger charge is -2.05. The van der Waals surface area contributed by atoms with E-state index in [0.717, 1.165) is 27.2 Å². The lowest BCUT2D eigenvalue weighted by Crippen LogP contribution is -1.97. The summed E-state index contributed by atoms with van der Waals surface area (Å²) in [5, 5.41) is 9.10. The van der Waals surface area contributed by atoms with Gasteiger partial charge in [0.1, 0.15) is 10.8 Å². The standard InChI is InChI=1S/C16H12FN5S/c17-12-4-1-10(2-5-12)8-22-9-19-13-7-11(3-6-14(13)22)15-20-21-16(18)23-15/h1-7,9H,8H2,(H2,18,21). The van der Waals surface area contributed by atoms with E-state index in [-0.39, 0.29) is 5.82 Å². The molecule has 2 heterocycles. The van der Waals surface area contributed by atoms with Crippen LogP contribution >= 0.6 is 11.3 Å². The van der Waals surface area contributed by atoms with Crippen LogP contribution in [0.1, 0.15) is 5.56 Å². The summed E-state index contributed by atoms with van der Waals surface area (Å²) in [5.41, 5.74) is 9.47. The highest BCUT2D eigenvalue weighted by atomic mass is 32.1. The first kappa shape index (κ1) is 13.8. The molecule has 0 amide bonds. The molecule has 0 aliphatic carbocycles. The van der Waals surface area contributed by atoms with Gasteiger partial charge in [-0.2, -0.15) is 0 Å². The van der Waals surface area contributed by atoms with Crippen LogP contribution in [0.3, 0.4) is 0 Å². The Labute approximate surface area is 135 Å². The van der Waals surface area contributed by atoms with E-state index in [1.807, 2.05) is 22.8 Å². The molecule has 114 valence electrons. The van der Waals surface area contributed by atoms with Crippen molar-refractivity contribution in [2.75, 3.05) is 5.73 Å². The Morgan fingerprint density at radius 2 is 1.91 bits per heavy atom. The van der Waals surface area contributed by atoms with E-state index in [9.17, 15) is 4.39 Å². The summed E-state index contributed by atoms with van der Waals surface area (Å²) in [4.78, 5) is 4.44. The summed E-state index contributed by atoms with van der Waals surface area (Å²) in [5.74, 6) is -0.231. The molecule has 0 aliphatic rings. The van der Waals surface area contributed by atoms with Crippen molar-refractivity contribution >= 4 is 27.5 Å². The van der Waals surface area contributed by atoms with E-state index in [1.165, 1.54) is 23.5 Å². The van der Waals surface area contributed by atoms with Crippen LogP contribution in [0.2, 0.25) is 0 Å². The normalized spacial score (nSPS) is 11.2. The molecule has 0 fully saturated rings. The molecule has 0 saturated carbocycles. The van der Waals surface area contributed by atoms with Crippen LogP contribution in [0.25, 0.3) is 21.6 Å². The van der Waals surface area contributed by atoms with Crippen molar-refractivity contribution in [2.45, 2.75) is 6.54 Å². The number of hydrogen-bond acceptors (Lipinski definition) is 5. The fraction of sp³-hybridized carbons (Fsp3) is 0.0625. The first-order chi connectivity index (χ1) is 11.2. The number of benzene rings is 2. The van der Waals surface area contributed by atoms with Gasteiger partial charge in [-0.25, -0.2) is 9.37 Å². The van der Waals surface area contributed by atoms with Crippen molar-refractivity contribution in [3.05, 3.63) is 60.2 Å². The predicted octanol–water partition coefficient (Wildman–Crippen LogP) is 3.32. The summed E-state index contributed by atoms with van der Waals surface area (Å²) in [6, 6.07) is 12.4. The van der Waals surface area contributed by atoms with Crippen LogP contribution in [0, 0.1) is 5.82 Å². The molecule has 0 radical (unpaired) electrons. The quantitative estimate of drug-likeness (QED) is 0.627. The van der Waals surface area contributed by atoms with Crippen LogP contribution in [0.5, 0.6) is 0 Å². The highest BCUT2D eigenvalue weighted by Gasteiger charge is 2.09. The summed E-state index contributed by atoms with van der Waals surface area (Å²) in [6.07, 6.45) is 1.78. The number of nitrogens with zero attached hydrogens (tertiary/aromatic N) is 4. The predicted molar refractivity (Wildman–Crippen MR) is 88.6 cm³/mol. The first-order valence-electron chi connectivity index (χ1n) is 6.98. The Bertz CT molecular complexity index is 974. The molecule has 23 heavy (non-hydrogen) atoms. The second-order valence-electron chi connectivity index (χ2n) is 5.15. The van der Waals surface area contributed by atoms with Gasteiger partial charge in [-0.05, 0) is 35.9 Å². The number of nitrogens with two attached hydrogens (primary N) is 1. The molecule has 0 saturated heterocycles. The lowest BCUT2D eigenvalue weighted by molar-refractivity contribution is 0.626. The average molecular weight is 325 g/mol. The minimum absolute atomic E-state index is 0.231. The molecule has 0 spiro atoms. The Morgan fingerprint density at radius 1 is 1.09 bits per heavy atom. The highest BCUT2D eigenvalue weighted by Crippen LogP contribution is 2.27. The Balaban J connectivity index is 1.68. The molecule has 0 atom stereocenters. The van der Waals surface area contributed by atoms with Gasteiger partial charge in [-0.15, -0.1) is 10.2 Å². The third kappa shape index (κ3) is 2.66. The van der Waals surface area contributed by atoms with E-state index in [4.69, 9.17) is 5.73 Å². The third-order valence-electron chi connectivity index (χ3n) is 3.57. The molecule has 4 rings (SSSR count). The Kier molecular flexibility index (Phi) is 3.27. The van der Waals surface area contributed by atoms with Gasteiger partial charge in [0, 0.05) is 12.1 Å². The topological polar surface area (TPSA) is 69.6 Å². The summed E-state index contributed by atoms with van der Waals surface area (Å²) >= 11 is 1.35. The molecule has 0 bridgehead atoms. The van der Waals surface area contributed by atoms with Crippen molar-refractivity contribution < 1.29 is 4.39 Å². The van der Waals surface area contributed by atoms with Crippen molar-refractivity contribution in [3.8, 4) is 10.6 Å². The van der Waals surface area contributed by atoms with Gasteiger partial charge < -0.3 is 10.3 Å². The average Bonchev–Trinajstić information content (AvgIpc) is 3.16. The number of anilines is 1. The van der Waals surface area contributed by atoms with Gasteiger partial charge in [0.25, 0.3) is 0 Å². The van der Waals surface area contributed by atoms with Crippen LogP contribution in [-0.4, -0.2) is 19.7 Å². The van der Waals surface area contributed by atoms with Gasteiger partial charge in [-0.3, -0.25) is 0 Å². The molecule has 2 aromatic carbocycles. The van der Waals surface area contributed by atoms with Crippen LogP contribution in [0.4, 0.5) is 9.52 Å². The largest absolute Gasteiger partial charge is 0.374 e. The van der Waals surface area contributed by atoms with E-state index in [2.05, 4.69) is 15.2 Å². The van der Waals surface area contributed by atoms with Crippen molar-refractivity contribution in [2.24, 2.45) is 0 Å². The molecular formula is C16H12FN5S. The van der Waals surface area contributed by atoms with E-state index in [1.54, 1.807) is 18.5 Å². The molecule has 0 aliphatic heterocycles. The molecule has 2 N–H and O–H groups in total. The van der Waals surface area contributed by atoms with Crippen molar-refractivity contribution in [1.82, 2.24) is 19.7 Å². The monoisotopic (exact) mass is 325 g/mol. The molecule has 4 aromatic rings. The van der Waals surface area contributed by atoms with Crippen molar-refractivity contribution in [1.29, 1.82) is 0 Å². The number of rotatable bonds is 3. The van der Waals surface area contributed by atoms with Gasteiger partial charge in [0.2, 0.25) is 5.13 Å². The summed E-state index contributed by atoms with van der Waals surface area (Å²) < 4.78 is 15.0. The maximum absolute atomic E-state index is 13.0. The van der Waals surface area contributed by atoms with Gasteiger partial charge >= 0.3 is 0 Å². The summed E-state index contributed by atoms with van der Waals surface area (Å²) in [7, 11) is 0. The van der Waals surface area contributed by atoms with Gasteiger partial charge in [0.15, 0.2) is 0 Å². The third-order valence-corrected chi connectivity index (χ3v) is 4.38. The zero-order valence-electron chi connectivity index (χ0n) is 12.0. The van der Waals surface area contributed by atoms with Crippen LogP contribution < -0.4 is 5.73 Å². The van der Waals surface area contributed by atoms with Gasteiger partial charge in [-0.1, -0.05) is 23.5 Å². The fourth-order valence-electron chi connectivity index (χ4n) is 2.46. The smallest absolute Gasteiger partial charge is 0.203 e. The maximum Gasteiger partial charge on any atom is 0.203 e. The first-order valence-corrected chi connectivity index (χ1v) is 7.79. The molecule has 7 heteroatoms. The number of fused-ring (bicyclic) bond motifs is 1.